The summed E-state index contributed by atoms with van der Waals surface area (Å²) >= 11 is 1.68. The van der Waals surface area contributed by atoms with E-state index in [2.05, 4.69) is 0 Å². The Labute approximate surface area is 210 Å². The van der Waals surface area contributed by atoms with Gasteiger partial charge in [-0.15, -0.1) is 11.3 Å². The molecule has 0 fully saturated rings. The second-order valence-electron chi connectivity index (χ2n) is 9.31. The number of benzene rings is 2. The van der Waals surface area contributed by atoms with Gasteiger partial charge in [-0.25, -0.2) is 4.39 Å². The molecule has 1 aliphatic heterocycles. The summed E-state index contributed by atoms with van der Waals surface area (Å²) in [5.74, 6) is 0.0289. The number of amides is 2. The van der Waals surface area contributed by atoms with Crippen LogP contribution in [0.1, 0.15) is 46.3 Å². The molecule has 0 N–H and O–H groups in total. The number of hydrogen-bond acceptors (Lipinski definition) is 4. The van der Waals surface area contributed by atoms with E-state index in [0.29, 0.717) is 24.4 Å². The van der Waals surface area contributed by atoms with Crippen LogP contribution >= 0.6 is 11.3 Å². The van der Waals surface area contributed by atoms with Gasteiger partial charge >= 0.3 is 0 Å². The molecule has 7 heteroatoms. The number of halogens is 1. The largest absolute Gasteiger partial charge is 0.491 e. The molecule has 0 radical (unpaired) electrons. The molecule has 3 aromatic rings. The van der Waals surface area contributed by atoms with E-state index < -0.39 is 0 Å². The van der Waals surface area contributed by atoms with Crippen LogP contribution < -0.4 is 4.74 Å². The van der Waals surface area contributed by atoms with Gasteiger partial charge in [-0.3, -0.25) is 9.59 Å². The Morgan fingerprint density at radius 1 is 1.17 bits per heavy atom. The number of aryl methyl sites for hydroxylation is 1. The van der Waals surface area contributed by atoms with E-state index in [0.717, 1.165) is 17.5 Å². The molecule has 1 atom stereocenters. The van der Waals surface area contributed by atoms with Crippen LogP contribution in [0.15, 0.2) is 60.0 Å². The van der Waals surface area contributed by atoms with E-state index in [1.807, 2.05) is 61.4 Å². The molecule has 0 aliphatic carbocycles. The maximum Gasteiger partial charge on any atom is 0.254 e. The van der Waals surface area contributed by atoms with Gasteiger partial charge in [-0.1, -0.05) is 38.1 Å². The van der Waals surface area contributed by atoms with Gasteiger partial charge in [0.15, 0.2) is 0 Å². The SMILES string of the molecule is Cc1ccccc1C(=O)N(CC(=O)N1CCc2sccc2[C@H]1COc1cccc(F)c1)CC(C)C. The van der Waals surface area contributed by atoms with Crippen LogP contribution in [0.5, 0.6) is 5.75 Å². The van der Waals surface area contributed by atoms with E-state index in [9.17, 15) is 14.0 Å². The lowest BCUT2D eigenvalue weighted by Gasteiger charge is -2.37. The van der Waals surface area contributed by atoms with Gasteiger partial charge in [0.2, 0.25) is 5.91 Å². The standard InChI is InChI=1S/C28H31FN2O3S/c1-19(2)16-30(28(33)23-10-5-4-7-20(23)3)17-27(32)31-13-11-26-24(12-14-35-26)25(31)18-34-22-9-6-8-21(29)15-22/h4-10,12,14-15,19,25H,11,13,16-18H2,1-3H3/t25-/m1/s1. The third-order valence-electron chi connectivity index (χ3n) is 6.19. The monoisotopic (exact) mass is 494 g/mol. The van der Waals surface area contributed by atoms with Gasteiger partial charge in [0.1, 0.15) is 24.7 Å². The Hall–Kier alpha value is -3.19. The molecular weight excluding hydrogens is 463 g/mol. The topological polar surface area (TPSA) is 49.9 Å². The smallest absolute Gasteiger partial charge is 0.254 e. The third kappa shape index (κ3) is 5.90. The summed E-state index contributed by atoms with van der Waals surface area (Å²) in [6.07, 6.45) is 0.769. The molecule has 184 valence electrons. The summed E-state index contributed by atoms with van der Waals surface area (Å²) in [6.45, 7) is 7.24. The minimum absolute atomic E-state index is 0.00127. The molecule has 2 amide bonds. The lowest BCUT2D eigenvalue weighted by Crippen LogP contribution is -2.48. The van der Waals surface area contributed by atoms with Crippen molar-refractivity contribution in [2.24, 2.45) is 5.92 Å². The Morgan fingerprint density at radius 3 is 2.71 bits per heavy atom. The van der Waals surface area contributed by atoms with E-state index in [1.54, 1.807) is 28.4 Å². The number of carbonyl (C=O) groups excluding carboxylic acids is 2. The van der Waals surface area contributed by atoms with Gasteiger partial charge in [-0.05, 0) is 60.0 Å². The van der Waals surface area contributed by atoms with Gasteiger partial charge in [0, 0.05) is 29.6 Å². The van der Waals surface area contributed by atoms with Crippen molar-refractivity contribution in [3.63, 3.8) is 0 Å². The molecular formula is C28H31FN2O3S. The van der Waals surface area contributed by atoms with Gasteiger partial charge in [-0.2, -0.15) is 0 Å². The fourth-order valence-electron chi connectivity index (χ4n) is 4.50. The van der Waals surface area contributed by atoms with Crippen LogP contribution in [0.4, 0.5) is 4.39 Å². The van der Waals surface area contributed by atoms with Crippen LogP contribution in [-0.2, 0) is 11.2 Å². The Balaban J connectivity index is 1.55. The van der Waals surface area contributed by atoms with Crippen molar-refractivity contribution in [3.05, 3.63) is 87.4 Å². The number of thiophene rings is 1. The number of ether oxygens (including phenoxy) is 1. The fraction of sp³-hybridized carbons (Fsp3) is 0.357. The summed E-state index contributed by atoms with van der Waals surface area (Å²) < 4.78 is 19.6. The van der Waals surface area contributed by atoms with E-state index in [1.165, 1.54) is 17.0 Å². The minimum atomic E-state index is -0.366. The van der Waals surface area contributed by atoms with Crippen LogP contribution in [0.3, 0.4) is 0 Å². The molecule has 0 saturated carbocycles. The predicted octanol–water partition coefficient (Wildman–Crippen LogP) is 5.50. The van der Waals surface area contributed by atoms with Crippen molar-refractivity contribution < 1.29 is 18.7 Å². The first-order valence-corrected chi connectivity index (χ1v) is 12.8. The number of nitrogens with zero attached hydrogens (tertiary/aromatic N) is 2. The Morgan fingerprint density at radius 2 is 1.97 bits per heavy atom. The predicted molar refractivity (Wildman–Crippen MR) is 136 cm³/mol. The number of rotatable bonds is 8. The van der Waals surface area contributed by atoms with Crippen molar-refractivity contribution in [2.45, 2.75) is 33.2 Å². The van der Waals surface area contributed by atoms with E-state index >= 15 is 0 Å². The summed E-state index contributed by atoms with van der Waals surface area (Å²) in [5.41, 5.74) is 2.57. The third-order valence-corrected chi connectivity index (χ3v) is 7.19. The maximum absolute atomic E-state index is 13.6. The van der Waals surface area contributed by atoms with Crippen LogP contribution in [0.25, 0.3) is 0 Å². The zero-order valence-corrected chi connectivity index (χ0v) is 21.2. The normalized spacial score (nSPS) is 15.1. The first-order chi connectivity index (χ1) is 16.8. The highest BCUT2D eigenvalue weighted by Gasteiger charge is 2.34. The maximum atomic E-state index is 13.6. The Bertz CT molecular complexity index is 1190. The van der Waals surface area contributed by atoms with Crippen molar-refractivity contribution in [2.75, 3.05) is 26.2 Å². The lowest BCUT2D eigenvalue weighted by atomic mass is 10.00. The molecule has 4 rings (SSSR count). The Kier molecular flexibility index (Phi) is 7.86. The zero-order valence-electron chi connectivity index (χ0n) is 20.4. The number of fused-ring (bicyclic) bond motifs is 1. The van der Waals surface area contributed by atoms with Gasteiger partial charge in [0.25, 0.3) is 5.91 Å². The molecule has 0 unspecified atom stereocenters. The molecule has 1 aromatic heterocycles. The highest BCUT2D eigenvalue weighted by Crippen LogP contribution is 2.34. The molecule has 2 heterocycles. The molecule has 2 aromatic carbocycles. The molecule has 5 nitrogen and oxygen atoms in total. The second-order valence-corrected chi connectivity index (χ2v) is 10.3. The van der Waals surface area contributed by atoms with Crippen molar-refractivity contribution >= 4 is 23.2 Å². The molecule has 0 saturated heterocycles. The van der Waals surface area contributed by atoms with Gasteiger partial charge < -0.3 is 14.5 Å². The summed E-state index contributed by atoms with van der Waals surface area (Å²) in [5, 5.41) is 2.03. The summed E-state index contributed by atoms with van der Waals surface area (Å²) in [7, 11) is 0. The van der Waals surface area contributed by atoms with Crippen molar-refractivity contribution in [1.29, 1.82) is 0 Å². The quantitative estimate of drug-likeness (QED) is 0.416. The molecule has 0 spiro atoms. The van der Waals surface area contributed by atoms with Crippen LogP contribution in [-0.4, -0.2) is 47.9 Å². The molecule has 35 heavy (non-hydrogen) atoms. The number of hydrogen-bond donors (Lipinski definition) is 0. The van der Waals surface area contributed by atoms with Crippen LogP contribution in [0, 0.1) is 18.7 Å². The van der Waals surface area contributed by atoms with Gasteiger partial charge in [0.05, 0.1) is 6.04 Å². The molecule has 0 bridgehead atoms. The average Bonchev–Trinajstić information content (AvgIpc) is 3.31. The lowest BCUT2D eigenvalue weighted by molar-refractivity contribution is -0.135. The van der Waals surface area contributed by atoms with Crippen molar-refractivity contribution in [1.82, 2.24) is 9.80 Å². The highest BCUT2D eigenvalue weighted by atomic mass is 32.1. The minimum Gasteiger partial charge on any atom is -0.491 e. The zero-order chi connectivity index (χ0) is 24.9. The van der Waals surface area contributed by atoms with E-state index in [4.69, 9.17) is 4.74 Å². The first-order valence-electron chi connectivity index (χ1n) is 11.9. The van der Waals surface area contributed by atoms with E-state index in [-0.39, 0.29) is 42.7 Å². The second kappa shape index (κ2) is 11.0. The highest BCUT2D eigenvalue weighted by molar-refractivity contribution is 7.10. The fourth-order valence-corrected chi connectivity index (χ4v) is 5.43. The molecule has 1 aliphatic rings. The summed E-state index contributed by atoms with van der Waals surface area (Å²) in [4.78, 5) is 31.7. The van der Waals surface area contributed by atoms with Crippen LogP contribution in [0.2, 0.25) is 0 Å². The average molecular weight is 495 g/mol. The van der Waals surface area contributed by atoms with Crippen molar-refractivity contribution in [3.8, 4) is 5.75 Å². The first kappa shape index (κ1) is 24.9. The summed E-state index contributed by atoms with van der Waals surface area (Å²) in [6, 6.07) is 15.2. The number of carbonyl (C=O) groups is 2.